The highest BCUT2D eigenvalue weighted by Crippen LogP contribution is 2.41. The predicted molar refractivity (Wildman–Crippen MR) is 107 cm³/mol. The van der Waals surface area contributed by atoms with E-state index in [0.717, 1.165) is 30.7 Å². The van der Waals surface area contributed by atoms with Gasteiger partial charge in [-0.1, -0.05) is 35.8 Å². The third kappa shape index (κ3) is 5.13. The Morgan fingerprint density at radius 3 is 2.48 bits per heavy atom. The first kappa shape index (κ1) is 20.1. The molecule has 2 saturated heterocycles. The Kier molecular flexibility index (Phi) is 6.41. The standard InChI is InChI=1S/C18H25BrN2O2.C2H6/c1-17(2,3)23-16(22)21-12-18(13-21)8-5-9-20(11-18)15-7-4-6-14(19)10-15;1-2/h4,6-7,10H,5,8-9,11-13H2,1-3H3;1-2H3. The van der Waals surface area contributed by atoms with Gasteiger partial charge in [0, 0.05) is 41.8 Å². The highest BCUT2D eigenvalue weighted by molar-refractivity contribution is 9.10. The molecule has 0 aliphatic carbocycles. The molecule has 140 valence electrons. The number of ether oxygens (including phenoxy) is 1. The summed E-state index contributed by atoms with van der Waals surface area (Å²) in [6, 6.07) is 8.46. The normalized spacial score (nSPS) is 19.0. The van der Waals surface area contributed by atoms with Crippen molar-refractivity contribution in [2.75, 3.05) is 31.1 Å². The quantitative estimate of drug-likeness (QED) is 0.628. The van der Waals surface area contributed by atoms with Crippen molar-refractivity contribution in [2.45, 2.75) is 53.1 Å². The summed E-state index contributed by atoms with van der Waals surface area (Å²) in [4.78, 5) is 16.4. The predicted octanol–water partition coefficient (Wildman–Crippen LogP) is 5.31. The van der Waals surface area contributed by atoms with Crippen LogP contribution in [-0.2, 0) is 4.74 Å². The zero-order valence-electron chi connectivity index (χ0n) is 16.1. The lowest BCUT2D eigenvalue weighted by Gasteiger charge is -2.54. The van der Waals surface area contributed by atoms with Gasteiger partial charge in [-0.05, 0) is 51.8 Å². The van der Waals surface area contributed by atoms with E-state index in [4.69, 9.17) is 4.74 Å². The van der Waals surface area contributed by atoms with Gasteiger partial charge in [-0.2, -0.15) is 0 Å². The van der Waals surface area contributed by atoms with Gasteiger partial charge in [0.25, 0.3) is 0 Å². The first-order valence-electron chi connectivity index (χ1n) is 9.25. The average molecular weight is 411 g/mol. The fraction of sp³-hybridized carbons (Fsp3) is 0.650. The summed E-state index contributed by atoms with van der Waals surface area (Å²) in [6.07, 6.45) is 2.19. The second-order valence-corrected chi connectivity index (χ2v) is 8.76. The Bertz CT molecular complexity index is 592. The van der Waals surface area contributed by atoms with E-state index in [1.54, 1.807) is 0 Å². The Hall–Kier alpha value is -1.23. The number of carbonyl (C=O) groups is 1. The minimum absolute atomic E-state index is 0.178. The van der Waals surface area contributed by atoms with E-state index in [2.05, 4.69) is 45.1 Å². The van der Waals surface area contributed by atoms with Crippen LogP contribution < -0.4 is 4.90 Å². The number of anilines is 1. The Morgan fingerprint density at radius 1 is 1.20 bits per heavy atom. The van der Waals surface area contributed by atoms with Crippen LogP contribution >= 0.6 is 15.9 Å². The minimum atomic E-state index is -0.422. The van der Waals surface area contributed by atoms with E-state index < -0.39 is 5.60 Å². The molecule has 0 saturated carbocycles. The van der Waals surface area contributed by atoms with Crippen molar-refractivity contribution in [3.63, 3.8) is 0 Å². The van der Waals surface area contributed by atoms with E-state index in [9.17, 15) is 4.79 Å². The van der Waals surface area contributed by atoms with Crippen LogP contribution in [0.2, 0.25) is 0 Å². The van der Waals surface area contributed by atoms with Gasteiger partial charge in [0.05, 0.1) is 0 Å². The van der Waals surface area contributed by atoms with E-state index in [1.165, 1.54) is 18.5 Å². The number of hydrogen-bond donors (Lipinski definition) is 0. The third-order valence-corrected chi connectivity index (χ3v) is 5.03. The van der Waals surface area contributed by atoms with Gasteiger partial charge in [-0.3, -0.25) is 0 Å². The topological polar surface area (TPSA) is 32.8 Å². The molecule has 2 heterocycles. The van der Waals surface area contributed by atoms with Crippen LogP contribution in [0, 0.1) is 5.41 Å². The molecule has 0 aromatic heterocycles. The van der Waals surface area contributed by atoms with Crippen molar-refractivity contribution < 1.29 is 9.53 Å². The van der Waals surface area contributed by atoms with Crippen LogP contribution in [0.15, 0.2) is 28.7 Å². The molecule has 25 heavy (non-hydrogen) atoms. The van der Waals surface area contributed by atoms with Gasteiger partial charge in [0.1, 0.15) is 5.60 Å². The van der Waals surface area contributed by atoms with Crippen LogP contribution in [0.1, 0.15) is 47.5 Å². The Balaban J connectivity index is 0.00000109. The minimum Gasteiger partial charge on any atom is -0.444 e. The smallest absolute Gasteiger partial charge is 0.410 e. The zero-order chi connectivity index (χ0) is 18.7. The Labute approximate surface area is 160 Å². The lowest BCUT2D eigenvalue weighted by atomic mass is 9.73. The summed E-state index contributed by atoms with van der Waals surface area (Å²) in [6.45, 7) is 13.5. The zero-order valence-corrected chi connectivity index (χ0v) is 17.7. The maximum absolute atomic E-state index is 12.1. The van der Waals surface area contributed by atoms with Crippen LogP contribution in [0.25, 0.3) is 0 Å². The Morgan fingerprint density at radius 2 is 1.88 bits per heavy atom. The van der Waals surface area contributed by atoms with Gasteiger partial charge in [0.2, 0.25) is 0 Å². The summed E-state index contributed by atoms with van der Waals surface area (Å²) < 4.78 is 6.58. The monoisotopic (exact) mass is 410 g/mol. The van der Waals surface area contributed by atoms with Crippen LogP contribution in [0.5, 0.6) is 0 Å². The van der Waals surface area contributed by atoms with Crippen molar-refractivity contribution in [2.24, 2.45) is 5.41 Å². The van der Waals surface area contributed by atoms with Crippen LogP contribution in [0.4, 0.5) is 10.5 Å². The summed E-state index contributed by atoms with van der Waals surface area (Å²) in [5, 5.41) is 0. The number of amides is 1. The molecule has 0 N–H and O–H groups in total. The van der Waals surface area contributed by atoms with Crippen molar-refractivity contribution >= 4 is 27.7 Å². The number of benzene rings is 1. The summed E-state index contributed by atoms with van der Waals surface area (Å²) in [5.74, 6) is 0. The van der Waals surface area contributed by atoms with E-state index in [1.807, 2.05) is 39.5 Å². The van der Waals surface area contributed by atoms with Gasteiger partial charge < -0.3 is 14.5 Å². The van der Waals surface area contributed by atoms with Gasteiger partial charge in [-0.15, -0.1) is 0 Å². The number of halogens is 1. The molecule has 0 atom stereocenters. The molecule has 0 radical (unpaired) electrons. The summed E-state index contributed by atoms with van der Waals surface area (Å²) in [7, 11) is 0. The molecular weight excluding hydrogens is 380 g/mol. The molecule has 1 aromatic rings. The maximum atomic E-state index is 12.1. The fourth-order valence-electron chi connectivity index (χ4n) is 3.58. The van der Waals surface area contributed by atoms with Crippen molar-refractivity contribution in [3.05, 3.63) is 28.7 Å². The SMILES string of the molecule is CC.CC(C)(C)OC(=O)N1CC2(CCCN(c3cccc(Br)c3)C2)C1. The molecule has 0 unspecified atom stereocenters. The highest BCUT2D eigenvalue weighted by atomic mass is 79.9. The van der Waals surface area contributed by atoms with Gasteiger partial charge in [0.15, 0.2) is 0 Å². The number of rotatable bonds is 1. The number of likely N-dealkylation sites (tertiary alicyclic amines) is 1. The number of carbonyl (C=O) groups excluding carboxylic acids is 1. The average Bonchev–Trinajstić information content (AvgIpc) is 2.53. The lowest BCUT2D eigenvalue weighted by Crippen LogP contribution is -2.64. The fourth-order valence-corrected chi connectivity index (χ4v) is 3.97. The molecule has 2 aliphatic rings. The molecule has 2 aliphatic heterocycles. The van der Waals surface area contributed by atoms with E-state index in [-0.39, 0.29) is 11.5 Å². The molecule has 5 heteroatoms. The molecule has 1 aromatic carbocycles. The first-order valence-corrected chi connectivity index (χ1v) is 10.0. The van der Waals surface area contributed by atoms with Crippen LogP contribution in [0.3, 0.4) is 0 Å². The van der Waals surface area contributed by atoms with Crippen LogP contribution in [-0.4, -0.2) is 42.8 Å². The molecule has 1 spiro atoms. The number of piperidine rings is 1. The van der Waals surface area contributed by atoms with Crippen molar-refractivity contribution in [3.8, 4) is 0 Å². The number of hydrogen-bond acceptors (Lipinski definition) is 3. The lowest BCUT2D eigenvalue weighted by molar-refractivity contribution is -0.0390. The van der Waals surface area contributed by atoms with Crippen molar-refractivity contribution in [1.29, 1.82) is 0 Å². The molecule has 3 rings (SSSR count). The molecule has 0 bridgehead atoms. The van der Waals surface area contributed by atoms with E-state index >= 15 is 0 Å². The van der Waals surface area contributed by atoms with E-state index in [0.29, 0.717) is 0 Å². The largest absolute Gasteiger partial charge is 0.444 e. The van der Waals surface area contributed by atoms with Gasteiger partial charge >= 0.3 is 6.09 Å². The molecule has 4 nitrogen and oxygen atoms in total. The highest BCUT2D eigenvalue weighted by Gasteiger charge is 2.48. The molecular formula is C20H31BrN2O2. The molecule has 2 fully saturated rings. The number of nitrogens with zero attached hydrogens (tertiary/aromatic N) is 2. The maximum Gasteiger partial charge on any atom is 0.410 e. The second-order valence-electron chi connectivity index (χ2n) is 7.84. The van der Waals surface area contributed by atoms with Gasteiger partial charge in [-0.25, -0.2) is 4.79 Å². The van der Waals surface area contributed by atoms with Crippen molar-refractivity contribution in [1.82, 2.24) is 4.90 Å². The third-order valence-electron chi connectivity index (χ3n) is 4.54. The summed E-state index contributed by atoms with van der Waals surface area (Å²) in [5.41, 5.74) is 1.07. The molecule has 1 amide bonds. The first-order chi connectivity index (χ1) is 11.8. The second kappa shape index (κ2) is 7.98. The summed E-state index contributed by atoms with van der Waals surface area (Å²) >= 11 is 3.55.